The molecule has 0 unspecified atom stereocenters. The lowest BCUT2D eigenvalue weighted by Gasteiger charge is -2.07. The molecule has 3 heteroatoms. The Balaban J connectivity index is 2.09. The molecular weight excluding hydrogens is 222 g/mol. The number of hydrogen-bond acceptors (Lipinski definition) is 2. The van der Waals surface area contributed by atoms with Crippen LogP contribution in [0.1, 0.15) is 18.5 Å². The molecule has 2 N–H and O–H groups in total. The summed E-state index contributed by atoms with van der Waals surface area (Å²) in [6.45, 7) is 1.98. The largest absolute Gasteiger partial charge is 0.324 e. The van der Waals surface area contributed by atoms with Gasteiger partial charge in [-0.05, 0) is 30.7 Å². The molecule has 0 aliphatic carbocycles. The summed E-state index contributed by atoms with van der Waals surface area (Å²) in [5.74, 6) is 0. The van der Waals surface area contributed by atoms with Gasteiger partial charge in [0.05, 0.1) is 17.4 Å². The van der Waals surface area contributed by atoms with Gasteiger partial charge in [-0.3, -0.25) is 0 Å². The molecular formula is C15H15N3. The molecule has 0 aliphatic rings. The second-order valence-corrected chi connectivity index (χ2v) is 4.50. The maximum absolute atomic E-state index is 5.85. The summed E-state index contributed by atoms with van der Waals surface area (Å²) in [5.41, 5.74) is 9.16. The topological polar surface area (TPSA) is 43.8 Å². The fourth-order valence-electron chi connectivity index (χ4n) is 2.10. The summed E-state index contributed by atoms with van der Waals surface area (Å²) in [4.78, 5) is 0. The summed E-state index contributed by atoms with van der Waals surface area (Å²) in [7, 11) is 0. The van der Waals surface area contributed by atoms with Gasteiger partial charge in [-0.1, -0.05) is 30.3 Å². The smallest absolute Gasteiger partial charge is 0.0741 e. The Labute approximate surface area is 106 Å². The van der Waals surface area contributed by atoms with Crippen LogP contribution in [0.15, 0.2) is 54.7 Å². The van der Waals surface area contributed by atoms with Gasteiger partial charge in [0.25, 0.3) is 0 Å². The van der Waals surface area contributed by atoms with Crippen molar-refractivity contribution in [2.24, 2.45) is 5.73 Å². The molecule has 0 radical (unpaired) electrons. The summed E-state index contributed by atoms with van der Waals surface area (Å²) in [6.07, 6.45) is 1.88. The van der Waals surface area contributed by atoms with Gasteiger partial charge in [-0.15, -0.1) is 0 Å². The Morgan fingerprint density at radius 1 is 1.06 bits per heavy atom. The van der Waals surface area contributed by atoms with E-state index in [1.54, 1.807) is 0 Å². The highest BCUT2D eigenvalue weighted by Crippen LogP contribution is 2.19. The number of benzene rings is 2. The van der Waals surface area contributed by atoms with Gasteiger partial charge in [0.1, 0.15) is 0 Å². The van der Waals surface area contributed by atoms with E-state index in [4.69, 9.17) is 5.73 Å². The quantitative estimate of drug-likeness (QED) is 0.744. The summed E-state index contributed by atoms with van der Waals surface area (Å²) >= 11 is 0. The Morgan fingerprint density at radius 2 is 1.78 bits per heavy atom. The first-order valence-electron chi connectivity index (χ1n) is 6.04. The molecule has 18 heavy (non-hydrogen) atoms. The van der Waals surface area contributed by atoms with Crippen molar-refractivity contribution in [1.29, 1.82) is 0 Å². The SMILES string of the molecule is C[C@H](N)c1ccc(-n2ncc3ccccc32)cc1. The lowest BCUT2D eigenvalue weighted by molar-refractivity contribution is 0.815. The van der Waals surface area contributed by atoms with Crippen molar-refractivity contribution in [3.63, 3.8) is 0 Å². The summed E-state index contributed by atoms with van der Waals surface area (Å²) in [6, 6.07) is 16.5. The first-order valence-corrected chi connectivity index (χ1v) is 6.04. The normalized spacial score (nSPS) is 12.8. The molecule has 0 saturated carbocycles. The number of fused-ring (bicyclic) bond motifs is 1. The third kappa shape index (κ3) is 1.79. The van der Waals surface area contributed by atoms with Gasteiger partial charge >= 0.3 is 0 Å². The molecule has 3 nitrogen and oxygen atoms in total. The van der Waals surface area contributed by atoms with Crippen LogP contribution in [0.25, 0.3) is 16.6 Å². The highest BCUT2D eigenvalue weighted by molar-refractivity contribution is 5.80. The predicted molar refractivity (Wildman–Crippen MR) is 73.7 cm³/mol. The minimum absolute atomic E-state index is 0.0633. The van der Waals surface area contributed by atoms with Crippen molar-refractivity contribution in [2.45, 2.75) is 13.0 Å². The van der Waals surface area contributed by atoms with E-state index in [-0.39, 0.29) is 6.04 Å². The first-order chi connectivity index (χ1) is 8.75. The second-order valence-electron chi connectivity index (χ2n) is 4.50. The van der Waals surface area contributed by atoms with Gasteiger partial charge in [0.2, 0.25) is 0 Å². The highest BCUT2D eigenvalue weighted by Gasteiger charge is 2.04. The standard InChI is InChI=1S/C15H15N3/c1-11(16)12-6-8-14(9-7-12)18-15-5-3-2-4-13(15)10-17-18/h2-11H,16H2,1H3/t11-/m0/s1. The van der Waals surface area contributed by atoms with Crippen LogP contribution in [0.5, 0.6) is 0 Å². The van der Waals surface area contributed by atoms with E-state index in [0.29, 0.717) is 0 Å². The molecule has 0 fully saturated rings. The monoisotopic (exact) mass is 237 g/mol. The minimum atomic E-state index is 0.0633. The maximum atomic E-state index is 5.85. The van der Waals surface area contributed by atoms with Crippen molar-refractivity contribution in [2.75, 3.05) is 0 Å². The molecule has 90 valence electrons. The first kappa shape index (κ1) is 11.0. The highest BCUT2D eigenvalue weighted by atomic mass is 15.3. The molecule has 0 bridgehead atoms. The molecule has 0 saturated heterocycles. The minimum Gasteiger partial charge on any atom is -0.324 e. The van der Waals surface area contributed by atoms with Crippen LogP contribution in [-0.2, 0) is 0 Å². The van der Waals surface area contributed by atoms with E-state index in [1.165, 1.54) is 0 Å². The van der Waals surface area contributed by atoms with Crippen molar-refractivity contribution in [1.82, 2.24) is 9.78 Å². The molecule has 0 spiro atoms. The molecule has 1 aromatic heterocycles. The van der Waals surface area contributed by atoms with Gasteiger partial charge < -0.3 is 5.73 Å². The van der Waals surface area contributed by atoms with Gasteiger partial charge in [-0.25, -0.2) is 4.68 Å². The van der Waals surface area contributed by atoms with E-state index in [2.05, 4.69) is 41.5 Å². The molecule has 2 aromatic carbocycles. The van der Waals surface area contributed by atoms with Crippen molar-refractivity contribution in [3.8, 4) is 5.69 Å². The number of rotatable bonds is 2. The van der Waals surface area contributed by atoms with Crippen LogP contribution in [0, 0.1) is 0 Å². The maximum Gasteiger partial charge on any atom is 0.0741 e. The molecule has 0 amide bonds. The lowest BCUT2D eigenvalue weighted by atomic mass is 10.1. The fourth-order valence-corrected chi connectivity index (χ4v) is 2.10. The number of para-hydroxylation sites is 1. The zero-order chi connectivity index (χ0) is 12.5. The Kier molecular flexibility index (Phi) is 2.61. The van der Waals surface area contributed by atoms with Crippen LogP contribution in [0.4, 0.5) is 0 Å². The summed E-state index contributed by atoms with van der Waals surface area (Å²) in [5, 5.41) is 5.57. The predicted octanol–water partition coefficient (Wildman–Crippen LogP) is 3.05. The van der Waals surface area contributed by atoms with Gasteiger partial charge in [0.15, 0.2) is 0 Å². The van der Waals surface area contributed by atoms with E-state index in [0.717, 1.165) is 22.2 Å². The molecule has 3 aromatic rings. The average molecular weight is 237 g/mol. The van der Waals surface area contributed by atoms with Gasteiger partial charge in [-0.2, -0.15) is 5.10 Å². The molecule has 3 rings (SSSR count). The van der Waals surface area contributed by atoms with E-state index < -0.39 is 0 Å². The number of nitrogens with two attached hydrogens (primary N) is 1. The van der Waals surface area contributed by atoms with Crippen LogP contribution < -0.4 is 5.73 Å². The second kappa shape index (κ2) is 4.27. The number of nitrogens with zero attached hydrogens (tertiary/aromatic N) is 2. The Morgan fingerprint density at radius 3 is 2.50 bits per heavy atom. The third-order valence-corrected chi connectivity index (χ3v) is 3.14. The summed E-state index contributed by atoms with van der Waals surface area (Å²) < 4.78 is 1.94. The van der Waals surface area contributed by atoms with Crippen LogP contribution in [0.3, 0.4) is 0 Å². The van der Waals surface area contributed by atoms with E-state index in [9.17, 15) is 0 Å². The zero-order valence-electron chi connectivity index (χ0n) is 10.2. The van der Waals surface area contributed by atoms with Crippen molar-refractivity contribution < 1.29 is 0 Å². The Hall–Kier alpha value is -2.13. The van der Waals surface area contributed by atoms with Crippen LogP contribution in [0.2, 0.25) is 0 Å². The van der Waals surface area contributed by atoms with Crippen LogP contribution >= 0.6 is 0 Å². The fraction of sp³-hybridized carbons (Fsp3) is 0.133. The number of hydrogen-bond donors (Lipinski definition) is 1. The Bertz CT molecular complexity index is 666. The molecule has 1 heterocycles. The molecule has 0 aliphatic heterocycles. The number of aromatic nitrogens is 2. The van der Waals surface area contributed by atoms with Crippen molar-refractivity contribution >= 4 is 10.9 Å². The van der Waals surface area contributed by atoms with Crippen LogP contribution in [-0.4, -0.2) is 9.78 Å². The zero-order valence-corrected chi connectivity index (χ0v) is 10.2. The third-order valence-electron chi connectivity index (χ3n) is 3.14. The average Bonchev–Trinajstić information content (AvgIpc) is 2.82. The lowest BCUT2D eigenvalue weighted by Crippen LogP contribution is -2.05. The van der Waals surface area contributed by atoms with Gasteiger partial charge in [0, 0.05) is 11.4 Å². The van der Waals surface area contributed by atoms with Crippen molar-refractivity contribution in [3.05, 3.63) is 60.3 Å². The van der Waals surface area contributed by atoms with E-state index in [1.807, 2.05) is 29.9 Å². The van der Waals surface area contributed by atoms with E-state index >= 15 is 0 Å². The molecule has 1 atom stereocenters.